The first-order chi connectivity index (χ1) is 8.01. The van der Waals surface area contributed by atoms with Crippen LogP contribution in [0.5, 0.6) is 5.75 Å². The summed E-state index contributed by atoms with van der Waals surface area (Å²) in [5.74, 6) is 1.89. The van der Waals surface area contributed by atoms with Gasteiger partial charge in [0.2, 0.25) is 0 Å². The van der Waals surface area contributed by atoms with Crippen molar-refractivity contribution >= 4 is 12.4 Å². The van der Waals surface area contributed by atoms with Gasteiger partial charge in [0.25, 0.3) is 0 Å². The van der Waals surface area contributed by atoms with Crippen LogP contribution in [-0.4, -0.2) is 7.11 Å². The van der Waals surface area contributed by atoms with E-state index in [0.29, 0.717) is 11.8 Å². The molecule has 0 aliphatic rings. The second kappa shape index (κ2) is 7.65. The molecule has 0 aliphatic heterocycles. The fraction of sp³-hybridized carbons (Fsp3) is 0.600. The van der Waals surface area contributed by atoms with E-state index in [1.54, 1.807) is 7.11 Å². The molecule has 2 N–H and O–H groups in total. The SMILES string of the molecule is CCC(C)[C@@H](N)c1cc(C(C)C)ccc1OC.Cl. The van der Waals surface area contributed by atoms with Crippen molar-refractivity contribution in [1.82, 2.24) is 0 Å². The first kappa shape index (κ1) is 17.3. The Morgan fingerprint density at radius 1 is 1.22 bits per heavy atom. The number of ether oxygens (including phenoxy) is 1. The molecule has 1 rings (SSSR count). The number of rotatable bonds is 5. The van der Waals surface area contributed by atoms with Gasteiger partial charge in [-0.1, -0.05) is 46.2 Å². The molecule has 1 aromatic rings. The molecule has 0 aromatic heterocycles. The van der Waals surface area contributed by atoms with Gasteiger partial charge in [0.05, 0.1) is 7.11 Å². The largest absolute Gasteiger partial charge is 0.496 e. The molecule has 0 saturated heterocycles. The van der Waals surface area contributed by atoms with Gasteiger partial charge in [-0.3, -0.25) is 0 Å². The van der Waals surface area contributed by atoms with Crippen LogP contribution in [0.25, 0.3) is 0 Å². The van der Waals surface area contributed by atoms with Gasteiger partial charge in [-0.05, 0) is 23.5 Å². The molecule has 1 unspecified atom stereocenters. The van der Waals surface area contributed by atoms with Gasteiger partial charge in [0, 0.05) is 11.6 Å². The van der Waals surface area contributed by atoms with Crippen molar-refractivity contribution in [3.63, 3.8) is 0 Å². The first-order valence-electron chi connectivity index (χ1n) is 6.44. The minimum absolute atomic E-state index is 0. The highest BCUT2D eigenvalue weighted by Gasteiger charge is 2.18. The Morgan fingerprint density at radius 3 is 2.28 bits per heavy atom. The summed E-state index contributed by atoms with van der Waals surface area (Å²) in [6.07, 6.45) is 1.08. The molecule has 0 radical (unpaired) electrons. The average molecular weight is 272 g/mol. The number of nitrogens with two attached hydrogens (primary N) is 1. The third-order valence-corrected chi connectivity index (χ3v) is 3.54. The summed E-state index contributed by atoms with van der Waals surface area (Å²) in [4.78, 5) is 0. The monoisotopic (exact) mass is 271 g/mol. The Bertz CT molecular complexity index is 366. The van der Waals surface area contributed by atoms with Crippen LogP contribution in [0.3, 0.4) is 0 Å². The molecule has 0 aliphatic carbocycles. The van der Waals surface area contributed by atoms with E-state index in [0.717, 1.165) is 17.7 Å². The van der Waals surface area contributed by atoms with Crippen molar-refractivity contribution in [3.8, 4) is 5.75 Å². The Kier molecular flexibility index (Phi) is 7.34. The zero-order valence-electron chi connectivity index (χ0n) is 12.1. The predicted octanol–water partition coefficient (Wildman–Crippen LogP) is 4.29. The predicted molar refractivity (Wildman–Crippen MR) is 80.7 cm³/mol. The van der Waals surface area contributed by atoms with Gasteiger partial charge < -0.3 is 10.5 Å². The van der Waals surface area contributed by atoms with Gasteiger partial charge in [0.1, 0.15) is 5.75 Å². The normalized spacial score (nSPS) is 13.9. The van der Waals surface area contributed by atoms with Crippen molar-refractivity contribution in [2.75, 3.05) is 7.11 Å². The lowest BCUT2D eigenvalue weighted by Crippen LogP contribution is -2.19. The van der Waals surface area contributed by atoms with E-state index in [-0.39, 0.29) is 18.4 Å². The van der Waals surface area contributed by atoms with Gasteiger partial charge >= 0.3 is 0 Å². The number of benzene rings is 1. The van der Waals surface area contributed by atoms with Crippen LogP contribution in [0.1, 0.15) is 57.2 Å². The third kappa shape index (κ3) is 3.89. The van der Waals surface area contributed by atoms with E-state index in [1.165, 1.54) is 5.56 Å². The molecule has 0 amide bonds. The lowest BCUT2D eigenvalue weighted by molar-refractivity contribution is 0.388. The molecular weight excluding hydrogens is 246 g/mol. The van der Waals surface area contributed by atoms with Crippen LogP contribution in [0.2, 0.25) is 0 Å². The summed E-state index contributed by atoms with van der Waals surface area (Å²) in [6, 6.07) is 6.40. The first-order valence-corrected chi connectivity index (χ1v) is 6.44. The Hall–Kier alpha value is -0.730. The summed E-state index contributed by atoms with van der Waals surface area (Å²) in [6.45, 7) is 8.75. The fourth-order valence-corrected chi connectivity index (χ4v) is 1.93. The molecule has 0 fully saturated rings. The summed E-state index contributed by atoms with van der Waals surface area (Å²) in [5, 5.41) is 0. The van der Waals surface area contributed by atoms with Crippen LogP contribution in [0.4, 0.5) is 0 Å². The van der Waals surface area contributed by atoms with Crippen molar-refractivity contribution in [3.05, 3.63) is 29.3 Å². The van der Waals surface area contributed by atoms with Crippen LogP contribution < -0.4 is 10.5 Å². The van der Waals surface area contributed by atoms with Gasteiger partial charge in [-0.15, -0.1) is 12.4 Å². The molecule has 0 spiro atoms. The summed E-state index contributed by atoms with van der Waals surface area (Å²) in [7, 11) is 1.71. The highest BCUT2D eigenvalue weighted by atomic mass is 35.5. The van der Waals surface area contributed by atoms with E-state index in [9.17, 15) is 0 Å². The van der Waals surface area contributed by atoms with E-state index in [1.807, 2.05) is 6.07 Å². The van der Waals surface area contributed by atoms with E-state index >= 15 is 0 Å². The molecule has 0 heterocycles. The van der Waals surface area contributed by atoms with Crippen molar-refractivity contribution in [2.24, 2.45) is 11.7 Å². The molecule has 2 atom stereocenters. The smallest absolute Gasteiger partial charge is 0.123 e. The lowest BCUT2D eigenvalue weighted by atomic mass is 9.90. The zero-order chi connectivity index (χ0) is 13.0. The number of hydrogen-bond acceptors (Lipinski definition) is 2. The molecule has 18 heavy (non-hydrogen) atoms. The summed E-state index contributed by atoms with van der Waals surface area (Å²) >= 11 is 0. The second-order valence-corrected chi connectivity index (χ2v) is 5.07. The quantitative estimate of drug-likeness (QED) is 0.867. The standard InChI is InChI=1S/C15H25NO.ClH/c1-6-11(4)15(16)13-9-12(10(2)3)7-8-14(13)17-5;/h7-11,15H,6,16H2,1-5H3;1H/t11?,15-;/m1./s1. The van der Waals surface area contributed by atoms with Gasteiger partial charge in [0.15, 0.2) is 0 Å². The minimum Gasteiger partial charge on any atom is -0.496 e. The molecule has 3 heteroatoms. The highest BCUT2D eigenvalue weighted by molar-refractivity contribution is 5.85. The maximum Gasteiger partial charge on any atom is 0.123 e. The topological polar surface area (TPSA) is 35.2 Å². The Labute approximate surface area is 117 Å². The van der Waals surface area contributed by atoms with Crippen LogP contribution in [0.15, 0.2) is 18.2 Å². The van der Waals surface area contributed by atoms with E-state index < -0.39 is 0 Å². The molecule has 0 saturated carbocycles. The lowest BCUT2D eigenvalue weighted by Gasteiger charge is -2.22. The number of hydrogen-bond donors (Lipinski definition) is 1. The average Bonchev–Trinajstić information content (AvgIpc) is 2.35. The molecule has 1 aromatic carbocycles. The Balaban J connectivity index is 0.00000289. The van der Waals surface area contributed by atoms with E-state index in [4.69, 9.17) is 10.5 Å². The van der Waals surface area contributed by atoms with Crippen LogP contribution >= 0.6 is 12.4 Å². The fourth-order valence-electron chi connectivity index (χ4n) is 1.93. The molecule has 0 bridgehead atoms. The number of halogens is 1. The van der Waals surface area contributed by atoms with Crippen LogP contribution in [0, 0.1) is 5.92 Å². The summed E-state index contributed by atoms with van der Waals surface area (Å²) < 4.78 is 5.42. The Morgan fingerprint density at radius 2 is 1.83 bits per heavy atom. The van der Waals surface area contributed by atoms with Crippen LogP contribution in [-0.2, 0) is 0 Å². The molecule has 2 nitrogen and oxygen atoms in total. The maximum absolute atomic E-state index is 6.31. The van der Waals surface area contributed by atoms with Crippen molar-refractivity contribution in [2.45, 2.75) is 46.1 Å². The molecule has 104 valence electrons. The third-order valence-electron chi connectivity index (χ3n) is 3.54. The van der Waals surface area contributed by atoms with Crippen molar-refractivity contribution < 1.29 is 4.74 Å². The zero-order valence-corrected chi connectivity index (χ0v) is 12.9. The minimum atomic E-state index is 0. The van der Waals surface area contributed by atoms with Crippen molar-refractivity contribution in [1.29, 1.82) is 0 Å². The summed E-state index contributed by atoms with van der Waals surface area (Å²) in [5.41, 5.74) is 8.77. The number of methoxy groups -OCH3 is 1. The highest BCUT2D eigenvalue weighted by Crippen LogP contribution is 2.32. The van der Waals surface area contributed by atoms with Gasteiger partial charge in [-0.25, -0.2) is 0 Å². The maximum atomic E-state index is 6.31. The second-order valence-electron chi connectivity index (χ2n) is 5.07. The van der Waals surface area contributed by atoms with E-state index in [2.05, 4.69) is 39.8 Å². The molecular formula is C15H26ClNO. The van der Waals surface area contributed by atoms with Gasteiger partial charge in [-0.2, -0.15) is 0 Å².